The molecule has 2 aliphatic rings. The van der Waals surface area contributed by atoms with Gasteiger partial charge in [0.15, 0.2) is 0 Å². The first-order valence-corrected chi connectivity index (χ1v) is 10.3. The van der Waals surface area contributed by atoms with Crippen molar-refractivity contribution in [3.8, 4) is 0 Å². The van der Waals surface area contributed by atoms with Crippen LogP contribution in [-0.2, 0) is 13.1 Å². The average Bonchev–Trinajstić information content (AvgIpc) is 3.13. The third kappa shape index (κ3) is 4.55. The van der Waals surface area contributed by atoms with E-state index in [1.54, 1.807) is 5.56 Å². The number of nitrogens with zero attached hydrogens (tertiary/aromatic N) is 2. The first-order valence-electron chi connectivity index (χ1n) is 10.3. The Labute approximate surface area is 158 Å². The summed E-state index contributed by atoms with van der Waals surface area (Å²) in [5, 5.41) is 0. The molecular weight excluding hydrogens is 316 g/mol. The Morgan fingerprint density at radius 1 is 0.885 bits per heavy atom. The number of likely N-dealkylation sites (tertiary alicyclic amines) is 1. The maximum absolute atomic E-state index is 2.58. The zero-order valence-electron chi connectivity index (χ0n) is 16.1. The Balaban J connectivity index is 1.21. The van der Waals surface area contributed by atoms with E-state index in [1.807, 2.05) is 0 Å². The molecule has 2 heteroatoms. The number of benzene rings is 2. The molecule has 0 amide bonds. The highest BCUT2D eigenvalue weighted by Crippen LogP contribution is 2.42. The Bertz CT molecular complexity index is 667. The first-order chi connectivity index (χ1) is 12.8. The van der Waals surface area contributed by atoms with Gasteiger partial charge in [-0.05, 0) is 74.3 Å². The SMILES string of the molecule is CN(Cc1ccccc1)CC1CC(c2ccc(CN3CCCC3)cc2)C1. The molecule has 0 bridgehead atoms. The van der Waals surface area contributed by atoms with Crippen LogP contribution in [0.25, 0.3) is 0 Å². The molecule has 1 saturated carbocycles. The van der Waals surface area contributed by atoms with Crippen molar-refractivity contribution in [3.63, 3.8) is 0 Å². The highest BCUT2D eigenvalue weighted by Gasteiger charge is 2.30. The highest BCUT2D eigenvalue weighted by molar-refractivity contribution is 5.27. The van der Waals surface area contributed by atoms with Crippen LogP contribution < -0.4 is 0 Å². The van der Waals surface area contributed by atoms with Gasteiger partial charge in [-0.3, -0.25) is 4.90 Å². The molecular formula is C24H32N2. The summed E-state index contributed by atoms with van der Waals surface area (Å²) in [5.74, 6) is 1.64. The largest absolute Gasteiger partial charge is 0.302 e. The van der Waals surface area contributed by atoms with Crippen LogP contribution in [0.2, 0.25) is 0 Å². The Morgan fingerprint density at radius 2 is 1.58 bits per heavy atom. The topological polar surface area (TPSA) is 6.48 Å². The fourth-order valence-corrected chi connectivity index (χ4v) is 4.65. The van der Waals surface area contributed by atoms with Crippen molar-refractivity contribution in [1.29, 1.82) is 0 Å². The molecule has 2 fully saturated rings. The van der Waals surface area contributed by atoms with Gasteiger partial charge in [-0.15, -0.1) is 0 Å². The third-order valence-electron chi connectivity index (χ3n) is 6.16. The normalized spacial score (nSPS) is 23.3. The molecule has 0 N–H and O–H groups in total. The molecule has 26 heavy (non-hydrogen) atoms. The van der Waals surface area contributed by atoms with E-state index in [9.17, 15) is 0 Å². The number of rotatable bonds is 7. The van der Waals surface area contributed by atoms with Gasteiger partial charge in [0, 0.05) is 19.6 Å². The standard InChI is InChI=1S/C24H32N2/c1-25(17-20-7-3-2-4-8-20)18-22-15-24(16-22)23-11-9-21(10-12-23)19-26-13-5-6-14-26/h2-4,7-12,22,24H,5-6,13-19H2,1H3. The molecule has 1 aliphatic carbocycles. The van der Waals surface area contributed by atoms with Crippen molar-refractivity contribution in [3.05, 3.63) is 71.3 Å². The Kier molecular flexibility index (Phi) is 5.72. The quantitative estimate of drug-likeness (QED) is 0.701. The second-order valence-corrected chi connectivity index (χ2v) is 8.44. The molecule has 1 saturated heterocycles. The van der Waals surface area contributed by atoms with Crippen LogP contribution >= 0.6 is 0 Å². The molecule has 0 spiro atoms. The third-order valence-corrected chi connectivity index (χ3v) is 6.16. The van der Waals surface area contributed by atoms with E-state index in [2.05, 4.69) is 71.4 Å². The van der Waals surface area contributed by atoms with Gasteiger partial charge >= 0.3 is 0 Å². The van der Waals surface area contributed by atoms with Crippen molar-refractivity contribution >= 4 is 0 Å². The van der Waals surface area contributed by atoms with Crippen molar-refractivity contribution in [1.82, 2.24) is 9.80 Å². The first kappa shape index (κ1) is 17.8. The van der Waals surface area contributed by atoms with Gasteiger partial charge in [0.05, 0.1) is 0 Å². The van der Waals surface area contributed by atoms with Crippen LogP contribution in [-0.4, -0.2) is 36.5 Å². The summed E-state index contributed by atoms with van der Waals surface area (Å²) >= 11 is 0. The van der Waals surface area contributed by atoms with Crippen LogP contribution in [0.3, 0.4) is 0 Å². The second-order valence-electron chi connectivity index (χ2n) is 8.44. The van der Waals surface area contributed by atoms with E-state index in [0.717, 1.165) is 24.9 Å². The van der Waals surface area contributed by atoms with Crippen LogP contribution in [0.15, 0.2) is 54.6 Å². The van der Waals surface area contributed by atoms with Gasteiger partial charge in [-0.25, -0.2) is 0 Å². The summed E-state index contributed by atoms with van der Waals surface area (Å²) in [6, 6.07) is 20.3. The molecule has 0 atom stereocenters. The summed E-state index contributed by atoms with van der Waals surface area (Å²) < 4.78 is 0. The fraction of sp³-hybridized carbons (Fsp3) is 0.500. The van der Waals surface area contributed by atoms with Gasteiger partial charge in [0.2, 0.25) is 0 Å². The number of hydrogen-bond acceptors (Lipinski definition) is 2. The molecule has 2 nitrogen and oxygen atoms in total. The van der Waals surface area contributed by atoms with Crippen molar-refractivity contribution < 1.29 is 0 Å². The molecule has 0 radical (unpaired) electrons. The summed E-state index contributed by atoms with van der Waals surface area (Å²) in [6.07, 6.45) is 5.45. The van der Waals surface area contributed by atoms with Crippen LogP contribution in [0.5, 0.6) is 0 Å². The van der Waals surface area contributed by atoms with Gasteiger partial charge < -0.3 is 4.90 Å². The van der Waals surface area contributed by atoms with E-state index in [-0.39, 0.29) is 0 Å². The maximum Gasteiger partial charge on any atom is 0.0233 e. The lowest BCUT2D eigenvalue weighted by atomic mass is 9.71. The van der Waals surface area contributed by atoms with Crippen LogP contribution in [0.4, 0.5) is 0 Å². The smallest absolute Gasteiger partial charge is 0.0233 e. The Morgan fingerprint density at radius 3 is 2.27 bits per heavy atom. The minimum Gasteiger partial charge on any atom is -0.302 e. The molecule has 2 aromatic rings. The molecule has 1 heterocycles. The van der Waals surface area contributed by atoms with E-state index in [1.165, 1.54) is 56.4 Å². The summed E-state index contributed by atoms with van der Waals surface area (Å²) in [7, 11) is 2.26. The fourth-order valence-electron chi connectivity index (χ4n) is 4.65. The summed E-state index contributed by atoms with van der Waals surface area (Å²) in [6.45, 7) is 5.98. The molecule has 138 valence electrons. The monoisotopic (exact) mass is 348 g/mol. The molecule has 2 aromatic carbocycles. The Hall–Kier alpha value is -1.64. The van der Waals surface area contributed by atoms with E-state index < -0.39 is 0 Å². The summed E-state index contributed by atoms with van der Waals surface area (Å²) in [5.41, 5.74) is 4.45. The van der Waals surface area contributed by atoms with Crippen LogP contribution in [0, 0.1) is 5.92 Å². The molecule has 1 aliphatic heterocycles. The predicted molar refractivity (Wildman–Crippen MR) is 109 cm³/mol. The van der Waals surface area contributed by atoms with Gasteiger partial charge in [0.1, 0.15) is 0 Å². The highest BCUT2D eigenvalue weighted by atomic mass is 15.1. The maximum atomic E-state index is 2.58. The lowest BCUT2D eigenvalue weighted by Gasteiger charge is -2.38. The van der Waals surface area contributed by atoms with Gasteiger partial charge in [-0.2, -0.15) is 0 Å². The minimum absolute atomic E-state index is 0.783. The van der Waals surface area contributed by atoms with Gasteiger partial charge in [-0.1, -0.05) is 54.6 Å². The van der Waals surface area contributed by atoms with E-state index in [4.69, 9.17) is 0 Å². The molecule has 0 unspecified atom stereocenters. The predicted octanol–water partition coefficient (Wildman–Crippen LogP) is 4.91. The van der Waals surface area contributed by atoms with E-state index in [0.29, 0.717) is 0 Å². The average molecular weight is 349 g/mol. The molecule has 4 rings (SSSR count). The van der Waals surface area contributed by atoms with Crippen molar-refractivity contribution in [2.75, 3.05) is 26.7 Å². The lowest BCUT2D eigenvalue weighted by molar-refractivity contribution is 0.176. The summed E-state index contributed by atoms with van der Waals surface area (Å²) in [4.78, 5) is 5.06. The van der Waals surface area contributed by atoms with Crippen molar-refractivity contribution in [2.24, 2.45) is 5.92 Å². The number of hydrogen-bond donors (Lipinski definition) is 0. The second kappa shape index (κ2) is 8.37. The van der Waals surface area contributed by atoms with Crippen LogP contribution in [0.1, 0.15) is 48.3 Å². The lowest BCUT2D eigenvalue weighted by Crippen LogP contribution is -2.33. The minimum atomic E-state index is 0.783. The molecule has 0 aromatic heterocycles. The van der Waals surface area contributed by atoms with E-state index >= 15 is 0 Å². The van der Waals surface area contributed by atoms with Crippen molar-refractivity contribution in [2.45, 2.75) is 44.7 Å². The zero-order valence-corrected chi connectivity index (χ0v) is 16.1. The zero-order chi connectivity index (χ0) is 17.8. The van der Waals surface area contributed by atoms with Gasteiger partial charge in [0.25, 0.3) is 0 Å².